The Morgan fingerprint density at radius 2 is 1.48 bits per heavy atom. The molecule has 0 unspecified atom stereocenters. The van der Waals surface area contributed by atoms with Crippen molar-refractivity contribution < 1.29 is 8.78 Å². The van der Waals surface area contributed by atoms with Gasteiger partial charge in [0.1, 0.15) is 13.0 Å². The van der Waals surface area contributed by atoms with Crippen molar-refractivity contribution in [2.24, 2.45) is 17.8 Å². The summed E-state index contributed by atoms with van der Waals surface area (Å²) < 4.78 is 23.7. The van der Waals surface area contributed by atoms with Crippen molar-refractivity contribution in [2.75, 3.05) is 33.5 Å². The summed E-state index contributed by atoms with van der Waals surface area (Å²) in [4.78, 5) is 2.50. The molecule has 0 atom stereocenters. The van der Waals surface area contributed by atoms with Crippen molar-refractivity contribution in [2.45, 2.75) is 72.4 Å². The van der Waals surface area contributed by atoms with Crippen molar-refractivity contribution in [3.8, 4) is 0 Å². The van der Waals surface area contributed by atoms with Gasteiger partial charge in [-0.3, -0.25) is 5.32 Å². The molecule has 1 saturated heterocycles. The van der Waals surface area contributed by atoms with E-state index in [9.17, 15) is 8.78 Å². The number of likely N-dealkylation sites (tertiary alicyclic amines) is 1. The van der Waals surface area contributed by atoms with Crippen molar-refractivity contribution in [3.05, 3.63) is 0 Å². The van der Waals surface area contributed by atoms with Gasteiger partial charge in [0.25, 0.3) is 0 Å². The van der Waals surface area contributed by atoms with Gasteiger partial charge in [0, 0.05) is 19.6 Å². The number of hydrogen-bond acceptors (Lipinski definition) is 2. The molecule has 2 rings (SSSR count). The van der Waals surface area contributed by atoms with E-state index < -0.39 is 13.0 Å². The largest absolute Gasteiger partial charge is 0.303 e. The van der Waals surface area contributed by atoms with E-state index in [1.54, 1.807) is 7.05 Å². The highest BCUT2D eigenvalue weighted by Gasteiger charge is 2.26. The second-order valence-electron chi connectivity index (χ2n) is 6.99. The zero-order chi connectivity index (χ0) is 17.7. The fraction of sp³-hybridized carbons (Fsp3) is 1.00. The minimum absolute atomic E-state index is 0.431. The fourth-order valence-electron chi connectivity index (χ4n) is 3.49. The van der Waals surface area contributed by atoms with Gasteiger partial charge in [-0.1, -0.05) is 27.7 Å². The average Bonchev–Trinajstić information content (AvgIpc) is 2.59. The molecule has 23 heavy (non-hydrogen) atoms. The Kier molecular flexibility index (Phi) is 14.0. The first-order valence-electron chi connectivity index (χ1n) is 9.63. The fourth-order valence-corrected chi connectivity index (χ4v) is 3.49. The molecule has 1 aliphatic heterocycles. The number of hydrogen-bond donors (Lipinski definition) is 1. The lowest BCUT2D eigenvalue weighted by atomic mass is 9.77. The van der Waals surface area contributed by atoms with Crippen LogP contribution in [0.4, 0.5) is 8.78 Å². The van der Waals surface area contributed by atoms with E-state index in [1.165, 1.54) is 32.2 Å². The monoisotopic (exact) mass is 334 g/mol. The first kappa shape index (κ1) is 22.8. The average molecular weight is 335 g/mol. The lowest BCUT2D eigenvalue weighted by Gasteiger charge is -2.36. The minimum atomic E-state index is -0.525. The third-order valence-electron chi connectivity index (χ3n) is 5.00. The number of rotatable bonds is 4. The van der Waals surface area contributed by atoms with Gasteiger partial charge in [-0.2, -0.15) is 0 Å². The predicted molar refractivity (Wildman–Crippen MR) is 97.2 cm³/mol. The quantitative estimate of drug-likeness (QED) is 0.724. The van der Waals surface area contributed by atoms with Gasteiger partial charge in [-0.15, -0.1) is 0 Å². The molecule has 0 radical (unpaired) electrons. The molecule has 0 amide bonds. The second-order valence-corrected chi connectivity index (χ2v) is 6.99. The van der Waals surface area contributed by atoms with Crippen LogP contribution in [-0.4, -0.2) is 44.6 Å². The lowest BCUT2D eigenvalue weighted by Crippen LogP contribution is -2.38. The summed E-state index contributed by atoms with van der Waals surface area (Å²) in [7, 11) is 1.56. The van der Waals surface area contributed by atoms with Crippen molar-refractivity contribution in [3.63, 3.8) is 0 Å². The summed E-state index contributed by atoms with van der Waals surface area (Å²) in [5.74, 6) is 2.71. The molecule has 0 aromatic rings. The Balaban J connectivity index is 0.000000705. The van der Waals surface area contributed by atoms with E-state index in [-0.39, 0.29) is 0 Å². The third-order valence-corrected chi connectivity index (χ3v) is 5.00. The Hall–Kier alpha value is -0.220. The Morgan fingerprint density at radius 3 is 1.87 bits per heavy atom. The molecule has 140 valence electrons. The molecular formula is C19H40F2N2. The van der Waals surface area contributed by atoms with Gasteiger partial charge >= 0.3 is 0 Å². The van der Waals surface area contributed by atoms with Crippen molar-refractivity contribution >= 4 is 0 Å². The smallest absolute Gasteiger partial charge is 0.140 e. The van der Waals surface area contributed by atoms with Crippen molar-refractivity contribution in [1.82, 2.24) is 10.2 Å². The number of halogens is 2. The Morgan fingerprint density at radius 1 is 1.00 bits per heavy atom. The van der Waals surface area contributed by atoms with Crippen LogP contribution in [0.25, 0.3) is 0 Å². The molecule has 2 aliphatic rings. The zero-order valence-electron chi connectivity index (χ0n) is 16.1. The van der Waals surface area contributed by atoms with Crippen LogP contribution in [0.15, 0.2) is 0 Å². The third kappa shape index (κ3) is 10.3. The number of piperidine rings is 1. The normalized spacial score (nSPS) is 26.1. The van der Waals surface area contributed by atoms with E-state index in [4.69, 9.17) is 0 Å². The lowest BCUT2D eigenvalue weighted by molar-refractivity contribution is 0.113. The van der Waals surface area contributed by atoms with Crippen LogP contribution in [0.1, 0.15) is 66.2 Å². The van der Waals surface area contributed by atoms with Gasteiger partial charge < -0.3 is 4.90 Å². The maximum atomic E-state index is 13.0. The summed E-state index contributed by atoms with van der Waals surface area (Å²) in [6.45, 7) is 11.5. The van der Waals surface area contributed by atoms with Gasteiger partial charge in [0.15, 0.2) is 0 Å². The summed E-state index contributed by atoms with van der Waals surface area (Å²) in [5, 5.41) is 2.26. The van der Waals surface area contributed by atoms with E-state index in [0.29, 0.717) is 0 Å². The van der Waals surface area contributed by atoms with E-state index in [0.717, 1.165) is 43.7 Å². The first-order valence-corrected chi connectivity index (χ1v) is 9.63. The molecule has 1 aliphatic carbocycles. The van der Waals surface area contributed by atoms with Gasteiger partial charge in [-0.25, -0.2) is 8.78 Å². The maximum absolute atomic E-state index is 13.0. The molecule has 1 heterocycles. The molecule has 1 N–H and O–H groups in total. The van der Waals surface area contributed by atoms with Crippen LogP contribution in [0.3, 0.4) is 0 Å². The molecule has 0 spiro atoms. The SMILES string of the molecule is CC.CC(C)C1CCC(CN2CCC(F)CC2)CC1.CNCF. The minimum Gasteiger partial charge on any atom is -0.303 e. The van der Waals surface area contributed by atoms with Crippen LogP contribution in [0.2, 0.25) is 0 Å². The zero-order valence-corrected chi connectivity index (χ0v) is 16.1. The molecule has 0 aromatic heterocycles. The van der Waals surface area contributed by atoms with E-state index >= 15 is 0 Å². The van der Waals surface area contributed by atoms with Crippen LogP contribution >= 0.6 is 0 Å². The number of nitrogens with one attached hydrogen (secondary N) is 1. The number of nitrogens with zero attached hydrogens (tertiary/aromatic N) is 1. The van der Waals surface area contributed by atoms with Crippen LogP contribution in [0.5, 0.6) is 0 Å². The Bertz CT molecular complexity index is 244. The van der Waals surface area contributed by atoms with Crippen LogP contribution in [0, 0.1) is 17.8 Å². The molecule has 0 aromatic carbocycles. The molecular weight excluding hydrogens is 294 g/mol. The Labute approximate surface area is 143 Å². The molecule has 2 fully saturated rings. The first-order chi connectivity index (χ1) is 11.1. The summed E-state index contributed by atoms with van der Waals surface area (Å²) in [5.41, 5.74) is 0. The highest BCUT2D eigenvalue weighted by molar-refractivity contribution is 4.79. The van der Waals surface area contributed by atoms with Crippen LogP contribution in [-0.2, 0) is 0 Å². The summed E-state index contributed by atoms with van der Waals surface area (Å²) in [6, 6.07) is 0. The predicted octanol–water partition coefficient (Wildman–Crippen LogP) is 5.04. The van der Waals surface area contributed by atoms with Crippen LogP contribution < -0.4 is 5.32 Å². The van der Waals surface area contributed by atoms with Gasteiger partial charge in [0.2, 0.25) is 0 Å². The van der Waals surface area contributed by atoms with E-state index in [1.807, 2.05) is 13.8 Å². The standard InChI is InChI=1S/C15H28FN.C2H6FN.C2H6/c1-12(2)14-5-3-13(4-6-14)11-17-9-7-15(16)8-10-17;1-4-2-3;1-2/h12-15H,3-11H2,1-2H3;4H,2H2,1H3;1-2H3. The highest BCUT2D eigenvalue weighted by atomic mass is 19.1. The van der Waals surface area contributed by atoms with E-state index in [2.05, 4.69) is 24.1 Å². The highest BCUT2D eigenvalue weighted by Crippen LogP contribution is 2.33. The second kappa shape index (κ2) is 14.2. The summed E-state index contributed by atoms with van der Waals surface area (Å²) >= 11 is 0. The van der Waals surface area contributed by atoms with Crippen molar-refractivity contribution in [1.29, 1.82) is 0 Å². The molecule has 1 saturated carbocycles. The number of alkyl halides is 2. The van der Waals surface area contributed by atoms with Gasteiger partial charge in [-0.05, 0) is 63.3 Å². The molecule has 2 nitrogen and oxygen atoms in total. The molecule has 0 bridgehead atoms. The molecule has 4 heteroatoms. The van der Waals surface area contributed by atoms with Gasteiger partial charge in [0.05, 0.1) is 0 Å². The maximum Gasteiger partial charge on any atom is 0.140 e. The topological polar surface area (TPSA) is 15.3 Å². The summed E-state index contributed by atoms with van der Waals surface area (Å²) in [6.07, 6.45) is 6.64.